The highest BCUT2D eigenvalue weighted by molar-refractivity contribution is 5.81. The third-order valence-corrected chi connectivity index (χ3v) is 3.42. The lowest BCUT2D eigenvalue weighted by atomic mass is 10.1. The lowest BCUT2D eigenvalue weighted by molar-refractivity contribution is 0.322. The number of nitrogens with zero attached hydrogens (tertiary/aromatic N) is 2. The molecule has 1 aromatic heterocycles. The predicted octanol–water partition coefficient (Wildman–Crippen LogP) is 3.52. The van der Waals surface area contributed by atoms with Crippen LogP contribution in [0.15, 0.2) is 29.4 Å². The zero-order valence-corrected chi connectivity index (χ0v) is 11.2. The fourth-order valence-electron chi connectivity index (χ4n) is 2.24. The largest absolute Gasteiger partial charge is 0.411 e. The number of hydrogen-bond acceptors (Lipinski definition) is 2. The van der Waals surface area contributed by atoms with Gasteiger partial charge in [-0.3, -0.25) is 0 Å². The summed E-state index contributed by atoms with van der Waals surface area (Å²) in [5, 5.41) is 11.8. The van der Waals surface area contributed by atoms with Gasteiger partial charge in [-0.25, -0.2) is 0 Å². The Morgan fingerprint density at radius 1 is 1.06 bits per heavy atom. The number of oxime groups is 1. The van der Waals surface area contributed by atoms with E-state index < -0.39 is 0 Å². The molecule has 0 aliphatic heterocycles. The second kappa shape index (κ2) is 4.69. The van der Waals surface area contributed by atoms with Crippen LogP contribution in [0, 0.1) is 27.7 Å². The molecule has 0 fully saturated rings. The summed E-state index contributed by atoms with van der Waals surface area (Å²) in [5.74, 6) is 0. The molecule has 94 valence electrons. The van der Waals surface area contributed by atoms with E-state index in [1.165, 1.54) is 17.3 Å². The standard InChI is InChI=1S/C15H18N2O/c1-10-5-6-15(7-11(10)2)17-12(3)8-14(9-16-18)13(17)4/h5-9,18H,1-4H3/b16-9+. The highest BCUT2D eigenvalue weighted by Crippen LogP contribution is 2.21. The molecule has 2 rings (SSSR count). The summed E-state index contributed by atoms with van der Waals surface area (Å²) in [7, 11) is 0. The SMILES string of the molecule is Cc1ccc(-n2c(C)cc(/C=N/O)c2C)cc1C. The van der Waals surface area contributed by atoms with Crippen molar-refractivity contribution < 1.29 is 5.21 Å². The Kier molecular flexibility index (Phi) is 3.24. The fraction of sp³-hybridized carbons (Fsp3) is 0.267. The van der Waals surface area contributed by atoms with Crippen LogP contribution in [0.1, 0.15) is 28.1 Å². The molecule has 1 N–H and O–H groups in total. The van der Waals surface area contributed by atoms with E-state index in [1.54, 1.807) is 0 Å². The molecular formula is C15H18N2O. The minimum absolute atomic E-state index is 0.938. The molecule has 2 aromatic rings. The van der Waals surface area contributed by atoms with E-state index in [0.717, 1.165) is 22.6 Å². The quantitative estimate of drug-likeness (QED) is 0.488. The van der Waals surface area contributed by atoms with Gasteiger partial charge in [0.25, 0.3) is 0 Å². The lowest BCUT2D eigenvalue weighted by Gasteiger charge is -2.11. The van der Waals surface area contributed by atoms with Gasteiger partial charge in [-0.05, 0) is 57.0 Å². The van der Waals surface area contributed by atoms with Gasteiger partial charge in [0.15, 0.2) is 0 Å². The highest BCUT2D eigenvalue weighted by Gasteiger charge is 2.09. The topological polar surface area (TPSA) is 37.5 Å². The van der Waals surface area contributed by atoms with Crippen molar-refractivity contribution >= 4 is 6.21 Å². The summed E-state index contributed by atoms with van der Waals surface area (Å²) in [6, 6.07) is 8.44. The number of benzene rings is 1. The Bertz CT molecular complexity index is 609. The third kappa shape index (κ3) is 2.04. The van der Waals surface area contributed by atoms with Crippen LogP contribution < -0.4 is 0 Å². The molecule has 3 nitrogen and oxygen atoms in total. The molecule has 3 heteroatoms. The first-order valence-corrected chi connectivity index (χ1v) is 5.98. The Labute approximate surface area is 107 Å². The van der Waals surface area contributed by atoms with E-state index in [0.29, 0.717) is 0 Å². The van der Waals surface area contributed by atoms with Crippen LogP contribution in [0.3, 0.4) is 0 Å². The van der Waals surface area contributed by atoms with Crippen molar-refractivity contribution in [1.82, 2.24) is 4.57 Å². The number of aromatic nitrogens is 1. The van der Waals surface area contributed by atoms with E-state index >= 15 is 0 Å². The summed E-state index contributed by atoms with van der Waals surface area (Å²) in [4.78, 5) is 0. The minimum atomic E-state index is 0.938. The van der Waals surface area contributed by atoms with Crippen LogP contribution in [-0.2, 0) is 0 Å². The van der Waals surface area contributed by atoms with Gasteiger partial charge in [0.2, 0.25) is 0 Å². The number of hydrogen-bond donors (Lipinski definition) is 1. The maximum Gasteiger partial charge on any atom is 0.0752 e. The Morgan fingerprint density at radius 2 is 1.78 bits per heavy atom. The summed E-state index contributed by atoms with van der Waals surface area (Å²) in [5.41, 5.74) is 6.86. The van der Waals surface area contributed by atoms with Crippen molar-refractivity contribution in [2.45, 2.75) is 27.7 Å². The molecule has 0 amide bonds. The van der Waals surface area contributed by atoms with Crippen LogP contribution in [0.4, 0.5) is 0 Å². The first-order chi connectivity index (χ1) is 8.54. The maximum absolute atomic E-state index is 8.66. The van der Waals surface area contributed by atoms with Gasteiger partial charge in [-0.15, -0.1) is 0 Å². The van der Waals surface area contributed by atoms with E-state index in [2.05, 4.69) is 48.7 Å². The summed E-state index contributed by atoms with van der Waals surface area (Å²) >= 11 is 0. The molecule has 0 saturated heterocycles. The molecule has 0 atom stereocenters. The minimum Gasteiger partial charge on any atom is -0.411 e. The van der Waals surface area contributed by atoms with Crippen molar-refractivity contribution in [3.8, 4) is 5.69 Å². The van der Waals surface area contributed by atoms with Crippen LogP contribution >= 0.6 is 0 Å². The molecule has 1 aromatic carbocycles. The molecular weight excluding hydrogens is 224 g/mol. The zero-order valence-electron chi connectivity index (χ0n) is 11.2. The molecule has 0 radical (unpaired) electrons. The average molecular weight is 242 g/mol. The summed E-state index contributed by atoms with van der Waals surface area (Å²) < 4.78 is 2.17. The van der Waals surface area contributed by atoms with Crippen molar-refractivity contribution in [2.75, 3.05) is 0 Å². The molecule has 0 aliphatic carbocycles. The van der Waals surface area contributed by atoms with Gasteiger partial charge >= 0.3 is 0 Å². The summed E-state index contributed by atoms with van der Waals surface area (Å²) in [6.45, 7) is 8.30. The van der Waals surface area contributed by atoms with Gasteiger partial charge in [0.1, 0.15) is 0 Å². The Hall–Kier alpha value is -2.03. The van der Waals surface area contributed by atoms with Crippen LogP contribution in [-0.4, -0.2) is 16.0 Å². The lowest BCUT2D eigenvalue weighted by Crippen LogP contribution is -2.00. The number of aryl methyl sites for hydroxylation is 3. The normalized spacial score (nSPS) is 11.3. The van der Waals surface area contributed by atoms with E-state index in [1.807, 2.05) is 13.0 Å². The van der Waals surface area contributed by atoms with E-state index in [9.17, 15) is 0 Å². The smallest absolute Gasteiger partial charge is 0.0752 e. The molecule has 0 aliphatic rings. The molecule has 0 spiro atoms. The Morgan fingerprint density at radius 3 is 2.39 bits per heavy atom. The first-order valence-electron chi connectivity index (χ1n) is 5.98. The third-order valence-electron chi connectivity index (χ3n) is 3.42. The average Bonchev–Trinajstić information content (AvgIpc) is 2.59. The Balaban J connectivity index is 2.60. The maximum atomic E-state index is 8.66. The molecule has 1 heterocycles. The second-order valence-corrected chi connectivity index (χ2v) is 4.68. The molecule has 18 heavy (non-hydrogen) atoms. The van der Waals surface area contributed by atoms with E-state index in [4.69, 9.17) is 5.21 Å². The van der Waals surface area contributed by atoms with Gasteiger partial charge < -0.3 is 9.77 Å². The zero-order chi connectivity index (χ0) is 13.3. The van der Waals surface area contributed by atoms with Crippen molar-refractivity contribution in [2.24, 2.45) is 5.16 Å². The second-order valence-electron chi connectivity index (χ2n) is 4.68. The van der Waals surface area contributed by atoms with Crippen molar-refractivity contribution in [1.29, 1.82) is 0 Å². The monoisotopic (exact) mass is 242 g/mol. The first kappa shape index (κ1) is 12.4. The van der Waals surface area contributed by atoms with Crippen molar-refractivity contribution in [3.05, 3.63) is 52.3 Å². The highest BCUT2D eigenvalue weighted by atomic mass is 16.4. The van der Waals surface area contributed by atoms with Gasteiger partial charge in [-0.1, -0.05) is 11.2 Å². The van der Waals surface area contributed by atoms with Gasteiger partial charge in [-0.2, -0.15) is 0 Å². The van der Waals surface area contributed by atoms with Crippen LogP contribution in [0.2, 0.25) is 0 Å². The van der Waals surface area contributed by atoms with E-state index in [-0.39, 0.29) is 0 Å². The van der Waals surface area contributed by atoms with Gasteiger partial charge in [0.05, 0.1) is 6.21 Å². The van der Waals surface area contributed by atoms with Crippen LogP contribution in [0.5, 0.6) is 0 Å². The summed E-state index contributed by atoms with van der Waals surface area (Å²) in [6.07, 6.45) is 1.47. The van der Waals surface area contributed by atoms with Crippen molar-refractivity contribution in [3.63, 3.8) is 0 Å². The van der Waals surface area contributed by atoms with Crippen LogP contribution in [0.25, 0.3) is 5.69 Å². The molecule has 0 unspecified atom stereocenters. The molecule has 0 bridgehead atoms. The number of rotatable bonds is 2. The van der Waals surface area contributed by atoms with Gasteiger partial charge in [0, 0.05) is 22.6 Å². The predicted molar refractivity (Wildman–Crippen MR) is 74.1 cm³/mol. The fourth-order valence-corrected chi connectivity index (χ4v) is 2.24. The molecule has 0 saturated carbocycles.